The summed E-state index contributed by atoms with van der Waals surface area (Å²) < 4.78 is 0. The quantitative estimate of drug-likeness (QED) is 0.585. The molecule has 1 fully saturated rings. The summed E-state index contributed by atoms with van der Waals surface area (Å²) in [5.41, 5.74) is -0.355. The Kier molecular flexibility index (Phi) is 9.54. The minimum Gasteiger partial charge on any atom is -0.390 e. The standard InChI is InChI=1S/C18H37NO/c1-3-5-6-7-8-9-10-11-13-18(20)14-12-16-19(4-2)17-15-18/h20H,3-17H2,1-2H3. The molecule has 0 bridgehead atoms. The molecule has 0 aliphatic carbocycles. The van der Waals surface area contributed by atoms with E-state index >= 15 is 0 Å². The lowest BCUT2D eigenvalue weighted by atomic mass is 9.88. The van der Waals surface area contributed by atoms with Gasteiger partial charge in [0.15, 0.2) is 0 Å². The lowest BCUT2D eigenvalue weighted by molar-refractivity contribution is 0.0146. The zero-order chi connectivity index (χ0) is 14.7. The maximum absolute atomic E-state index is 10.7. The summed E-state index contributed by atoms with van der Waals surface area (Å²) in [7, 11) is 0. The number of unbranched alkanes of at least 4 members (excludes halogenated alkanes) is 7. The normalized spacial score (nSPS) is 24.8. The molecule has 1 unspecified atom stereocenters. The van der Waals surface area contributed by atoms with Crippen LogP contribution in [0.4, 0.5) is 0 Å². The molecule has 120 valence electrons. The first-order valence-corrected chi connectivity index (χ1v) is 9.15. The van der Waals surface area contributed by atoms with E-state index in [1.807, 2.05) is 0 Å². The maximum atomic E-state index is 10.7. The van der Waals surface area contributed by atoms with Gasteiger partial charge in [0.05, 0.1) is 5.60 Å². The van der Waals surface area contributed by atoms with Gasteiger partial charge in [0.25, 0.3) is 0 Å². The van der Waals surface area contributed by atoms with Gasteiger partial charge in [0.1, 0.15) is 0 Å². The predicted octanol–water partition coefficient (Wildman–Crippen LogP) is 4.75. The SMILES string of the molecule is CCCCCCCCCCC1(O)CCCN(CC)CC1. The van der Waals surface area contributed by atoms with Crippen molar-refractivity contribution in [2.24, 2.45) is 0 Å². The Hall–Kier alpha value is -0.0800. The Bertz CT molecular complexity index is 231. The molecule has 1 rings (SSSR count). The maximum Gasteiger partial charge on any atom is 0.0660 e. The van der Waals surface area contributed by atoms with Crippen LogP contribution in [0.3, 0.4) is 0 Å². The smallest absolute Gasteiger partial charge is 0.0660 e. The van der Waals surface area contributed by atoms with E-state index in [2.05, 4.69) is 18.7 Å². The molecule has 20 heavy (non-hydrogen) atoms. The van der Waals surface area contributed by atoms with E-state index in [4.69, 9.17) is 0 Å². The van der Waals surface area contributed by atoms with E-state index in [1.54, 1.807) is 0 Å². The fourth-order valence-electron chi connectivity index (χ4n) is 3.39. The van der Waals surface area contributed by atoms with Crippen molar-refractivity contribution in [2.75, 3.05) is 19.6 Å². The van der Waals surface area contributed by atoms with Gasteiger partial charge >= 0.3 is 0 Å². The molecule has 0 aromatic heterocycles. The zero-order valence-corrected chi connectivity index (χ0v) is 14.0. The Morgan fingerprint density at radius 2 is 1.50 bits per heavy atom. The van der Waals surface area contributed by atoms with Crippen LogP contribution in [-0.4, -0.2) is 35.2 Å². The second-order valence-corrected chi connectivity index (χ2v) is 6.74. The van der Waals surface area contributed by atoms with Crippen LogP contribution < -0.4 is 0 Å². The topological polar surface area (TPSA) is 23.5 Å². The first-order chi connectivity index (χ1) is 9.70. The van der Waals surface area contributed by atoms with E-state index in [0.717, 1.165) is 32.4 Å². The van der Waals surface area contributed by atoms with Gasteiger partial charge in [-0.3, -0.25) is 0 Å². The fraction of sp³-hybridized carbons (Fsp3) is 1.00. The van der Waals surface area contributed by atoms with Gasteiger partial charge in [0, 0.05) is 6.54 Å². The van der Waals surface area contributed by atoms with E-state index < -0.39 is 0 Å². The van der Waals surface area contributed by atoms with Crippen molar-refractivity contribution in [2.45, 2.75) is 96.5 Å². The van der Waals surface area contributed by atoms with Crippen molar-refractivity contribution in [1.82, 2.24) is 4.90 Å². The molecule has 0 radical (unpaired) electrons. The third-order valence-electron chi connectivity index (χ3n) is 4.95. The second kappa shape index (κ2) is 10.6. The third kappa shape index (κ3) is 7.64. The fourth-order valence-corrected chi connectivity index (χ4v) is 3.39. The first-order valence-electron chi connectivity index (χ1n) is 9.15. The van der Waals surface area contributed by atoms with Gasteiger partial charge in [-0.05, 0) is 38.8 Å². The molecule has 2 nitrogen and oxygen atoms in total. The molecule has 1 aliphatic heterocycles. The van der Waals surface area contributed by atoms with Gasteiger partial charge in [-0.25, -0.2) is 0 Å². The average Bonchev–Trinajstić information content (AvgIpc) is 2.64. The van der Waals surface area contributed by atoms with Crippen LogP contribution in [0.25, 0.3) is 0 Å². The molecule has 1 saturated heterocycles. The van der Waals surface area contributed by atoms with Gasteiger partial charge in [0.2, 0.25) is 0 Å². The van der Waals surface area contributed by atoms with Crippen molar-refractivity contribution in [3.63, 3.8) is 0 Å². The highest BCUT2D eigenvalue weighted by Crippen LogP contribution is 2.28. The van der Waals surface area contributed by atoms with E-state index in [0.29, 0.717) is 0 Å². The molecule has 0 amide bonds. The molecule has 0 saturated carbocycles. The average molecular weight is 284 g/mol. The van der Waals surface area contributed by atoms with Crippen LogP contribution >= 0.6 is 0 Å². The third-order valence-corrected chi connectivity index (χ3v) is 4.95. The molecule has 1 aliphatic rings. The zero-order valence-electron chi connectivity index (χ0n) is 14.0. The van der Waals surface area contributed by atoms with Crippen molar-refractivity contribution < 1.29 is 5.11 Å². The summed E-state index contributed by atoms with van der Waals surface area (Å²) in [5.74, 6) is 0. The Labute approximate surface area is 126 Å². The minimum atomic E-state index is -0.355. The summed E-state index contributed by atoms with van der Waals surface area (Å²) in [6.07, 6.45) is 15.0. The van der Waals surface area contributed by atoms with E-state index in [1.165, 1.54) is 64.3 Å². The summed E-state index contributed by atoms with van der Waals surface area (Å²) in [6.45, 7) is 7.89. The molecule has 0 aromatic carbocycles. The van der Waals surface area contributed by atoms with Crippen LogP contribution in [0.15, 0.2) is 0 Å². The van der Waals surface area contributed by atoms with Crippen molar-refractivity contribution in [3.05, 3.63) is 0 Å². The summed E-state index contributed by atoms with van der Waals surface area (Å²) in [6, 6.07) is 0. The van der Waals surface area contributed by atoms with Crippen molar-refractivity contribution in [1.29, 1.82) is 0 Å². The highest BCUT2D eigenvalue weighted by atomic mass is 16.3. The van der Waals surface area contributed by atoms with Gasteiger partial charge in [-0.2, -0.15) is 0 Å². The van der Waals surface area contributed by atoms with Crippen LogP contribution in [0.5, 0.6) is 0 Å². The first kappa shape index (κ1) is 18.0. The predicted molar refractivity (Wildman–Crippen MR) is 88.1 cm³/mol. The molecule has 1 heterocycles. The van der Waals surface area contributed by atoms with Gasteiger partial charge in [-0.1, -0.05) is 65.2 Å². The Morgan fingerprint density at radius 3 is 2.15 bits per heavy atom. The molecular formula is C18H37NO. The number of likely N-dealkylation sites (tertiary alicyclic amines) is 1. The summed E-state index contributed by atoms with van der Waals surface area (Å²) >= 11 is 0. The van der Waals surface area contributed by atoms with Crippen LogP contribution in [0, 0.1) is 0 Å². The van der Waals surface area contributed by atoms with Crippen LogP contribution in [0.2, 0.25) is 0 Å². The van der Waals surface area contributed by atoms with Gasteiger partial charge in [-0.15, -0.1) is 0 Å². The molecular weight excluding hydrogens is 246 g/mol. The monoisotopic (exact) mass is 283 g/mol. The largest absolute Gasteiger partial charge is 0.390 e. The van der Waals surface area contributed by atoms with E-state index in [-0.39, 0.29) is 5.60 Å². The summed E-state index contributed by atoms with van der Waals surface area (Å²) in [5, 5.41) is 10.7. The molecule has 1 atom stereocenters. The Morgan fingerprint density at radius 1 is 0.850 bits per heavy atom. The molecule has 0 aromatic rings. The summed E-state index contributed by atoms with van der Waals surface area (Å²) in [4.78, 5) is 2.48. The molecule has 0 spiro atoms. The molecule has 1 N–H and O–H groups in total. The van der Waals surface area contributed by atoms with Gasteiger partial charge < -0.3 is 10.0 Å². The van der Waals surface area contributed by atoms with Crippen LogP contribution in [0.1, 0.15) is 90.9 Å². The highest BCUT2D eigenvalue weighted by molar-refractivity contribution is 4.83. The lowest BCUT2D eigenvalue weighted by Crippen LogP contribution is -2.31. The molecule has 2 heteroatoms. The second-order valence-electron chi connectivity index (χ2n) is 6.74. The van der Waals surface area contributed by atoms with E-state index in [9.17, 15) is 5.11 Å². The number of nitrogens with zero attached hydrogens (tertiary/aromatic N) is 1. The number of rotatable bonds is 10. The van der Waals surface area contributed by atoms with Crippen molar-refractivity contribution >= 4 is 0 Å². The number of hydrogen-bond acceptors (Lipinski definition) is 2. The van der Waals surface area contributed by atoms with Crippen LogP contribution in [-0.2, 0) is 0 Å². The van der Waals surface area contributed by atoms with Crippen molar-refractivity contribution in [3.8, 4) is 0 Å². The Balaban J connectivity index is 2.05. The number of aliphatic hydroxyl groups is 1. The minimum absolute atomic E-state index is 0.355. The lowest BCUT2D eigenvalue weighted by Gasteiger charge is -2.27. The number of hydrogen-bond donors (Lipinski definition) is 1. The highest BCUT2D eigenvalue weighted by Gasteiger charge is 2.28.